The van der Waals surface area contributed by atoms with Gasteiger partial charge in [-0.1, -0.05) is 18.2 Å². The number of halogens is 1. The van der Waals surface area contributed by atoms with E-state index in [1.807, 2.05) is 6.92 Å². The number of benzene rings is 1. The molecule has 0 bridgehead atoms. The van der Waals surface area contributed by atoms with Crippen LogP contribution >= 0.6 is 0 Å². The molecule has 1 heterocycles. The van der Waals surface area contributed by atoms with Crippen LogP contribution in [0.25, 0.3) is 5.57 Å². The molecule has 1 aliphatic rings. The topological polar surface area (TPSA) is 38.0 Å². The van der Waals surface area contributed by atoms with E-state index in [2.05, 4.69) is 11.4 Å². The lowest BCUT2D eigenvalue weighted by Crippen LogP contribution is -2.49. The van der Waals surface area contributed by atoms with E-state index in [1.165, 1.54) is 12.1 Å². The number of hydrogen-bond donors (Lipinski definition) is 2. The van der Waals surface area contributed by atoms with E-state index < -0.39 is 0 Å². The predicted octanol–water partition coefficient (Wildman–Crippen LogP) is 1.53. The zero-order valence-corrected chi connectivity index (χ0v) is 8.76. The lowest BCUT2D eigenvalue weighted by atomic mass is 9.85. The second-order valence-corrected chi connectivity index (χ2v) is 4.17. The van der Waals surface area contributed by atoms with E-state index in [9.17, 15) is 4.39 Å². The van der Waals surface area contributed by atoms with Crippen LogP contribution in [0, 0.1) is 5.82 Å². The van der Waals surface area contributed by atoms with Gasteiger partial charge in [-0.15, -0.1) is 0 Å². The molecule has 1 unspecified atom stereocenters. The van der Waals surface area contributed by atoms with Gasteiger partial charge in [-0.05, 0) is 30.2 Å². The van der Waals surface area contributed by atoms with Crippen molar-refractivity contribution in [3.05, 3.63) is 41.7 Å². The van der Waals surface area contributed by atoms with Gasteiger partial charge in [0.15, 0.2) is 0 Å². The summed E-state index contributed by atoms with van der Waals surface area (Å²) in [5.41, 5.74) is 7.88. The minimum atomic E-state index is -0.379. The van der Waals surface area contributed by atoms with E-state index in [-0.39, 0.29) is 11.4 Å². The highest BCUT2D eigenvalue weighted by molar-refractivity contribution is 5.73. The first-order valence-corrected chi connectivity index (χ1v) is 5.06. The highest BCUT2D eigenvalue weighted by Gasteiger charge is 2.26. The van der Waals surface area contributed by atoms with Crippen molar-refractivity contribution >= 4 is 5.57 Å². The summed E-state index contributed by atoms with van der Waals surface area (Å²) >= 11 is 0. The first-order valence-electron chi connectivity index (χ1n) is 5.06. The highest BCUT2D eigenvalue weighted by atomic mass is 19.1. The van der Waals surface area contributed by atoms with Crippen molar-refractivity contribution in [3.8, 4) is 0 Å². The van der Waals surface area contributed by atoms with Crippen LogP contribution in [-0.4, -0.2) is 18.6 Å². The molecule has 0 amide bonds. The second kappa shape index (κ2) is 3.76. The molecule has 0 saturated carbocycles. The van der Waals surface area contributed by atoms with Gasteiger partial charge in [0, 0.05) is 13.1 Å². The van der Waals surface area contributed by atoms with Crippen LogP contribution in [0.2, 0.25) is 0 Å². The van der Waals surface area contributed by atoms with Gasteiger partial charge in [0.25, 0.3) is 0 Å². The van der Waals surface area contributed by atoms with Gasteiger partial charge < -0.3 is 11.1 Å². The molecule has 1 aliphatic heterocycles. The van der Waals surface area contributed by atoms with Crippen LogP contribution in [-0.2, 0) is 0 Å². The Kier molecular flexibility index (Phi) is 2.59. The summed E-state index contributed by atoms with van der Waals surface area (Å²) in [6.45, 7) is 3.55. The minimum absolute atomic E-state index is 0.216. The van der Waals surface area contributed by atoms with Crippen LogP contribution in [0.1, 0.15) is 12.5 Å². The summed E-state index contributed by atoms with van der Waals surface area (Å²) in [7, 11) is 0. The summed E-state index contributed by atoms with van der Waals surface area (Å²) in [6, 6.07) is 6.48. The van der Waals surface area contributed by atoms with E-state index in [0.29, 0.717) is 0 Å². The van der Waals surface area contributed by atoms with Gasteiger partial charge in [0.05, 0.1) is 5.54 Å². The molecule has 1 atom stereocenters. The van der Waals surface area contributed by atoms with E-state index in [4.69, 9.17) is 5.73 Å². The first-order chi connectivity index (χ1) is 7.09. The fourth-order valence-corrected chi connectivity index (χ4v) is 1.91. The molecule has 1 aromatic carbocycles. The molecule has 3 heteroatoms. The molecule has 2 rings (SSSR count). The quantitative estimate of drug-likeness (QED) is 0.731. The lowest BCUT2D eigenvalue weighted by Gasteiger charge is -2.32. The Hall–Kier alpha value is -1.19. The largest absolute Gasteiger partial charge is 0.321 e. The summed E-state index contributed by atoms with van der Waals surface area (Å²) < 4.78 is 12.8. The summed E-state index contributed by atoms with van der Waals surface area (Å²) in [5.74, 6) is -0.216. The van der Waals surface area contributed by atoms with Crippen molar-refractivity contribution in [2.24, 2.45) is 5.73 Å². The third kappa shape index (κ3) is 2.08. The molecule has 0 saturated heterocycles. The van der Waals surface area contributed by atoms with Gasteiger partial charge in [0.2, 0.25) is 0 Å². The zero-order chi connectivity index (χ0) is 10.9. The van der Waals surface area contributed by atoms with Crippen molar-refractivity contribution < 1.29 is 4.39 Å². The summed E-state index contributed by atoms with van der Waals surface area (Å²) in [5, 5.41) is 3.21. The molecule has 0 radical (unpaired) electrons. The van der Waals surface area contributed by atoms with Crippen LogP contribution in [0.15, 0.2) is 30.3 Å². The Morgan fingerprint density at radius 3 is 2.60 bits per heavy atom. The number of nitrogens with one attached hydrogen (secondary N) is 1. The zero-order valence-electron chi connectivity index (χ0n) is 8.76. The standard InChI is InChI=1S/C12H15FN2/c1-12(14)8-15-7-6-11(12)9-2-4-10(13)5-3-9/h2-6,15H,7-8,14H2,1H3. The van der Waals surface area contributed by atoms with Crippen molar-refractivity contribution in [2.75, 3.05) is 13.1 Å². The molecule has 3 N–H and O–H groups in total. The first kappa shape index (κ1) is 10.3. The molecule has 0 spiro atoms. The Labute approximate surface area is 89.0 Å². The maximum atomic E-state index is 12.8. The highest BCUT2D eigenvalue weighted by Crippen LogP contribution is 2.26. The van der Waals surface area contributed by atoms with Gasteiger partial charge in [-0.3, -0.25) is 0 Å². The molecule has 0 aliphatic carbocycles. The Morgan fingerprint density at radius 2 is 2.00 bits per heavy atom. The van der Waals surface area contributed by atoms with Gasteiger partial charge in [-0.25, -0.2) is 4.39 Å². The Bertz CT molecular complexity index is 379. The number of nitrogens with two attached hydrogens (primary N) is 1. The number of hydrogen-bond acceptors (Lipinski definition) is 2. The summed E-state index contributed by atoms with van der Waals surface area (Å²) in [4.78, 5) is 0. The van der Waals surface area contributed by atoms with Crippen LogP contribution < -0.4 is 11.1 Å². The van der Waals surface area contributed by atoms with E-state index >= 15 is 0 Å². The lowest BCUT2D eigenvalue weighted by molar-refractivity contribution is 0.527. The number of rotatable bonds is 1. The predicted molar refractivity (Wildman–Crippen MR) is 59.8 cm³/mol. The average molecular weight is 206 g/mol. The molecule has 0 fully saturated rings. The SMILES string of the molecule is CC1(N)CNCC=C1c1ccc(F)cc1. The molecule has 15 heavy (non-hydrogen) atoms. The van der Waals surface area contributed by atoms with Crippen molar-refractivity contribution in [1.82, 2.24) is 5.32 Å². The minimum Gasteiger partial charge on any atom is -0.321 e. The molecular weight excluding hydrogens is 191 g/mol. The monoisotopic (exact) mass is 206 g/mol. The maximum absolute atomic E-state index is 12.8. The van der Waals surface area contributed by atoms with Gasteiger partial charge >= 0.3 is 0 Å². The maximum Gasteiger partial charge on any atom is 0.123 e. The smallest absolute Gasteiger partial charge is 0.123 e. The third-order valence-electron chi connectivity index (χ3n) is 2.71. The van der Waals surface area contributed by atoms with E-state index in [1.54, 1.807) is 12.1 Å². The van der Waals surface area contributed by atoms with Crippen molar-refractivity contribution in [1.29, 1.82) is 0 Å². The second-order valence-electron chi connectivity index (χ2n) is 4.17. The molecule has 0 aromatic heterocycles. The Morgan fingerprint density at radius 1 is 1.33 bits per heavy atom. The molecule has 1 aromatic rings. The van der Waals surface area contributed by atoms with Crippen LogP contribution in [0.5, 0.6) is 0 Å². The van der Waals surface area contributed by atoms with Gasteiger partial charge in [0.1, 0.15) is 5.82 Å². The molecular formula is C12H15FN2. The molecule has 80 valence electrons. The van der Waals surface area contributed by atoms with E-state index in [0.717, 1.165) is 24.2 Å². The van der Waals surface area contributed by atoms with Crippen LogP contribution in [0.4, 0.5) is 4.39 Å². The van der Waals surface area contributed by atoms with Crippen LogP contribution in [0.3, 0.4) is 0 Å². The normalized spacial score (nSPS) is 26.2. The summed E-state index contributed by atoms with van der Waals surface area (Å²) in [6.07, 6.45) is 2.07. The third-order valence-corrected chi connectivity index (χ3v) is 2.71. The van der Waals surface area contributed by atoms with Gasteiger partial charge in [-0.2, -0.15) is 0 Å². The van der Waals surface area contributed by atoms with Crippen molar-refractivity contribution in [3.63, 3.8) is 0 Å². The average Bonchev–Trinajstić information content (AvgIpc) is 2.19. The molecule has 2 nitrogen and oxygen atoms in total. The fraction of sp³-hybridized carbons (Fsp3) is 0.333. The Balaban J connectivity index is 2.37. The fourth-order valence-electron chi connectivity index (χ4n) is 1.91. The van der Waals surface area contributed by atoms with Crippen molar-refractivity contribution in [2.45, 2.75) is 12.5 Å².